The van der Waals surface area contributed by atoms with Crippen molar-refractivity contribution in [1.82, 2.24) is 0 Å². The third-order valence-corrected chi connectivity index (χ3v) is 3.00. The molecule has 16 heavy (non-hydrogen) atoms. The number of aromatic hydroxyl groups is 1. The normalized spacial score (nSPS) is 15.2. The van der Waals surface area contributed by atoms with Crippen LogP contribution in [0.4, 0.5) is 0 Å². The van der Waals surface area contributed by atoms with Gasteiger partial charge in [0.2, 0.25) is 0 Å². The fourth-order valence-electron chi connectivity index (χ4n) is 1.82. The van der Waals surface area contributed by atoms with Crippen molar-refractivity contribution in [3.63, 3.8) is 0 Å². The Hall–Kier alpha value is -1.70. The van der Waals surface area contributed by atoms with Crippen molar-refractivity contribution in [3.8, 4) is 11.5 Å². The smallest absolute Gasteiger partial charge is 0.161 e. The van der Waals surface area contributed by atoms with Gasteiger partial charge in [-0.15, -0.1) is 0 Å². The topological polar surface area (TPSA) is 29.5 Å². The zero-order chi connectivity index (χ0) is 11.0. The van der Waals surface area contributed by atoms with E-state index in [1.807, 2.05) is 30.3 Å². The average molecular weight is 214 g/mol. The second kappa shape index (κ2) is 3.71. The Balaban J connectivity index is 1.93. The molecule has 0 amide bonds. The molecular formula is C14H14O2. The molecule has 0 heterocycles. The number of phenolic OH excluding ortho intramolecular Hbond substituents is 1. The van der Waals surface area contributed by atoms with Crippen LogP contribution in [0.15, 0.2) is 36.4 Å². The van der Waals surface area contributed by atoms with E-state index in [9.17, 15) is 5.11 Å². The highest BCUT2D eigenvalue weighted by atomic mass is 16.5. The van der Waals surface area contributed by atoms with E-state index in [1.165, 1.54) is 12.8 Å². The maximum atomic E-state index is 9.82. The summed E-state index contributed by atoms with van der Waals surface area (Å²) in [4.78, 5) is 0. The van der Waals surface area contributed by atoms with Gasteiger partial charge < -0.3 is 9.84 Å². The van der Waals surface area contributed by atoms with Crippen LogP contribution in [0.3, 0.4) is 0 Å². The highest BCUT2D eigenvalue weighted by molar-refractivity contribution is 5.85. The summed E-state index contributed by atoms with van der Waals surface area (Å²) in [7, 11) is 0. The van der Waals surface area contributed by atoms with E-state index in [2.05, 4.69) is 0 Å². The molecule has 1 N–H and O–H groups in total. The zero-order valence-corrected chi connectivity index (χ0v) is 9.02. The maximum Gasteiger partial charge on any atom is 0.161 e. The van der Waals surface area contributed by atoms with Crippen LogP contribution < -0.4 is 4.74 Å². The average Bonchev–Trinajstić information content (AvgIpc) is 3.10. The van der Waals surface area contributed by atoms with Crippen LogP contribution in [-0.2, 0) is 0 Å². The summed E-state index contributed by atoms with van der Waals surface area (Å²) in [5, 5.41) is 12.0. The van der Waals surface area contributed by atoms with Gasteiger partial charge in [0.1, 0.15) is 0 Å². The fourth-order valence-corrected chi connectivity index (χ4v) is 1.82. The van der Waals surface area contributed by atoms with Crippen molar-refractivity contribution in [2.75, 3.05) is 6.61 Å². The lowest BCUT2D eigenvalue weighted by molar-refractivity contribution is 0.285. The number of rotatable bonds is 3. The monoisotopic (exact) mass is 214 g/mol. The molecule has 1 aliphatic rings. The van der Waals surface area contributed by atoms with Crippen LogP contribution in [0.1, 0.15) is 12.8 Å². The molecule has 1 aliphatic carbocycles. The Labute approximate surface area is 94.5 Å². The second-order valence-electron chi connectivity index (χ2n) is 4.42. The van der Waals surface area contributed by atoms with Crippen molar-refractivity contribution in [2.45, 2.75) is 12.8 Å². The fraction of sp³-hybridized carbons (Fsp3) is 0.286. The van der Waals surface area contributed by atoms with Gasteiger partial charge in [0.05, 0.1) is 6.61 Å². The van der Waals surface area contributed by atoms with Gasteiger partial charge in [-0.25, -0.2) is 0 Å². The lowest BCUT2D eigenvalue weighted by atomic mass is 10.1. The Bertz CT molecular complexity index is 515. The van der Waals surface area contributed by atoms with Gasteiger partial charge in [-0.05, 0) is 41.7 Å². The van der Waals surface area contributed by atoms with E-state index in [-0.39, 0.29) is 5.75 Å². The number of phenols is 1. The number of hydrogen-bond acceptors (Lipinski definition) is 2. The maximum absolute atomic E-state index is 9.82. The summed E-state index contributed by atoms with van der Waals surface area (Å²) in [5.41, 5.74) is 0. The largest absolute Gasteiger partial charge is 0.504 e. The SMILES string of the molecule is Oc1cc2ccccc2cc1OCC1CC1. The third-order valence-electron chi connectivity index (χ3n) is 3.00. The summed E-state index contributed by atoms with van der Waals surface area (Å²) in [6.45, 7) is 0.728. The summed E-state index contributed by atoms with van der Waals surface area (Å²) in [5.74, 6) is 1.54. The highest BCUT2D eigenvalue weighted by Gasteiger charge is 2.22. The highest BCUT2D eigenvalue weighted by Crippen LogP contribution is 2.34. The molecule has 1 saturated carbocycles. The van der Waals surface area contributed by atoms with E-state index >= 15 is 0 Å². The summed E-state index contributed by atoms with van der Waals surface area (Å²) < 4.78 is 5.62. The van der Waals surface area contributed by atoms with Gasteiger partial charge >= 0.3 is 0 Å². The Morgan fingerprint density at radius 3 is 2.50 bits per heavy atom. The van der Waals surface area contributed by atoms with Crippen molar-refractivity contribution >= 4 is 10.8 Å². The van der Waals surface area contributed by atoms with Crippen LogP contribution in [0, 0.1) is 5.92 Å². The molecule has 0 bridgehead atoms. The molecule has 0 unspecified atom stereocenters. The first-order chi connectivity index (χ1) is 7.83. The molecule has 2 aromatic rings. The zero-order valence-electron chi connectivity index (χ0n) is 9.02. The molecular weight excluding hydrogens is 200 g/mol. The minimum Gasteiger partial charge on any atom is -0.504 e. The standard InChI is InChI=1S/C14H14O2/c15-13-7-11-3-1-2-4-12(11)8-14(13)16-9-10-5-6-10/h1-4,7-8,10,15H,5-6,9H2. The quantitative estimate of drug-likeness (QED) is 0.849. The van der Waals surface area contributed by atoms with Crippen LogP contribution >= 0.6 is 0 Å². The molecule has 3 rings (SSSR count). The van der Waals surface area contributed by atoms with Gasteiger partial charge in [-0.2, -0.15) is 0 Å². The van der Waals surface area contributed by atoms with Crippen molar-refractivity contribution in [1.29, 1.82) is 0 Å². The van der Waals surface area contributed by atoms with Crippen LogP contribution in [0.2, 0.25) is 0 Å². The Morgan fingerprint density at radius 1 is 1.12 bits per heavy atom. The molecule has 2 heteroatoms. The Morgan fingerprint density at radius 2 is 1.81 bits per heavy atom. The summed E-state index contributed by atoms with van der Waals surface area (Å²) in [6, 6.07) is 11.6. The predicted molar refractivity (Wildman–Crippen MR) is 63.8 cm³/mol. The predicted octanol–water partition coefficient (Wildman–Crippen LogP) is 3.33. The number of fused-ring (bicyclic) bond motifs is 1. The second-order valence-corrected chi connectivity index (χ2v) is 4.42. The molecule has 0 aliphatic heterocycles. The summed E-state index contributed by atoms with van der Waals surface area (Å²) >= 11 is 0. The molecule has 0 spiro atoms. The van der Waals surface area contributed by atoms with E-state index in [1.54, 1.807) is 6.07 Å². The first-order valence-corrected chi connectivity index (χ1v) is 5.67. The first-order valence-electron chi connectivity index (χ1n) is 5.67. The van der Waals surface area contributed by atoms with Crippen LogP contribution in [0.5, 0.6) is 11.5 Å². The number of benzene rings is 2. The van der Waals surface area contributed by atoms with Crippen LogP contribution in [-0.4, -0.2) is 11.7 Å². The van der Waals surface area contributed by atoms with Crippen LogP contribution in [0.25, 0.3) is 10.8 Å². The lowest BCUT2D eigenvalue weighted by Crippen LogP contribution is -1.98. The van der Waals surface area contributed by atoms with Gasteiger partial charge in [-0.1, -0.05) is 24.3 Å². The van der Waals surface area contributed by atoms with Gasteiger partial charge in [0, 0.05) is 0 Å². The van der Waals surface area contributed by atoms with Gasteiger partial charge in [0.15, 0.2) is 11.5 Å². The number of hydrogen-bond donors (Lipinski definition) is 1. The molecule has 82 valence electrons. The van der Waals surface area contributed by atoms with E-state index in [4.69, 9.17) is 4.74 Å². The minimum atomic E-state index is 0.236. The lowest BCUT2D eigenvalue weighted by Gasteiger charge is -2.08. The molecule has 0 saturated heterocycles. The van der Waals surface area contributed by atoms with E-state index in [0.29, 0.717) is 11.7 Å². The van der Waals surface area contributed by atoms with Crippen molar-refractivity contribution in [2.24, 2.45) is 5.92 Å². The molecule has 2 nitrogen and oxygen atoms in total. The molecule has 2 aromatic carbocycles. The Kier molecular flexibility index (Phi) is 2.21. The van der Waals surface area contributed by atoms with Gasteiger partial charge in [0.25, 0.3) is 0 Å². The molecule has 0 aromatic heterocycles. The van der Waals surface area contributed by atoms with Gasteiger partial charge in [-0.3, -0.25) is 0 Å². The third kappa shape index (κ3) is 1.83. The molecule has 1 fully saturated rings. The van der Waals surface area contributed by atoms with E-state index < -0.39 is 0 Å². The van der Waals surface area contributed by atoms with E-state index in [0.717, 1.165) is 17.4 Å². The van der Waals surface area contributed by atoms with Crippen molar-refractivity contribution in [3.05, 3.63) is 36.4 Å². The minimum absolute atomic E-state index is 0.236. The number of ether oxygens (including phenoxy) is 1. The molecule has 0 radical (unpaired) electrons. The molecule has 0 atom stereocenters. The summed E-state index contributed by atoms with van der Waals surface area (Å²) in [6.07, 6.45) is 2.52. The first kappa shape index (κ1) is 9.52. The van der Waals surface area contributed by atoms with Crippen molar-refractivity contribution < 1.29 is 9.84 Å².